The number of rotatable bonds is 5. The Morgan fingerprint density at radius 3 is 2.60 bits per heavy atom. The molecule has 0 saturated heterocycles. The van der Waals surface area contributed by atoms with Gasteiger partial charge in [0, 0.05) is 6.42 Å². The fourth-order valence-corrected chi connectivity index (χ4v) is 2.72. The summed E-state index contributed by atoms with van der Waals surface area (Å²) in [7, 11) is 0. The number of nitrogens with zero attached hydrogens (tertiary/aromatic N) is 4. The number of nitriles is 1. The van der Waals surface area contributed by atoms with Gasteiger partial charge < -0.3 is 0 Å². The molecule has 0 amide bonds. The fourth-order valence-electron chi connectivity index (χ4n) is 2.36. The van der Waals surface area contributed by atoms with E-state index in [1.54, 1.807) is 4.52 Å². The normalized spacial score (nSPS) is 10.9. The van der Waals surface area contributed by atoms with Crippen LogP contribution >= 0.6 is 11.6 Å². The number of aryl methyl sites for hydroxylation is 1. The van der Waals surface area contributed by atoms with Gasteiger partial charge in [0.05, 0.1) is 0 Å². The van der Waals surface area contributed by atoms with Crippen molar-refractivity contribution in [1.82, 2.24) is 14.6 Å². The summed E-state index contributed by atoms with van der Waals surface area (Å²) >= 11 is 6.48. The monoisotopic (exact) mass is 290 g/mol. The van der Waals surface area contributed by atoms with Crippen LogP contribution in [-0.2, 0) is 12.8 Å². The molecule has 0 unspecified atom stereocenters. The minimum Gasteiger partial charge on any atom is -0.210 e. The van der Waals surface area contributed by atoms with E-state index in [0.717, 1.165) is 49.1 Å². The molecule has 0 saturated carbocycles. The van der Waals surface area contributed by atoms with Crippen molar-refractivity contribution >= 4 is 17.2 Å². The first-order chi connectivity index (χ1) is 9.63. The fraction of sp³-hybridized carbons (Fsp3) is 0.533. The Bertz CT molecular complexity index is 667. The number of unbranched alkanes of at least 4 members (excludes halogenated alkanes) is 1. The van der Waals surface area contributed by atoms with Gasteiger partial charge in [-0.1, -0.05) is 31.9 Å². The van der Waals surface area contributed by atoms with Gasteiger partial charge in [-0.2, -0.15) is 5.26 Å². The summed E-state index contributed by atoms with van der Waals surface area (Å²) < 4.78 is 1.63. The van der Waals surface area contributed by atoms with Crippen LogP contribution in [0.3, 0.4) is 0 Å². The summed E-state index contributed by atoms with van der Waals surface area (Å²) in [6.45, 7) is 6.17. The molecular weight excluding hydrogens is 272 g/mol. The van der Waals surface area contributed by atoms with Crippen LogP contribution in [0.15, 0.2) is 0 Å². The van der Waals surface area contributed by atoms with Crippen molar-refractivity contribution in [3.63, 3.8) is 0 Å². The summed E-state index contributed by atoms with van der Waals surface area (Å²) in [4.78, 5) is 4.46. The zero-order valence-corrected chi connectivity index (χ0v) is 13.0. The molecule has 2 aromatic rings. The average Bonchev–Trinajstić information content (AvgIpc) is 2.83. The highest BCUT2D eigenvalue weighted by Gasteiger charge is 2.18. The van der Waals surface area contributed by atoms with E-state index in [1.165, 1.54) is 0 Å². The summed E-state index contributed by atoms with van der Waals surface area (Å²) in [5.41, 5.74) is 3.13. The van der Waals surface area contributed by atoms with Crippen molar-refractivity contribution in [1.29, 1.82) is 5.26 Å². The first kappa shape index (κ1) is 14.8. The van der Waals surface area contributed by atoms with Crippen molar-refractivity contribution in [2.75, 3.05) is 0 Å². The Morgan fingerprint density at radius 2 is 2.00 bits per heavy atom. The molecule has 0 atom stereocenters. The lowest BCUT2D eigenvalue weighted by atomic mass is 10.0. The zero-order valence-electron chi connectivity index (χ0n) is 12.2. The molecule has 2 rings (SSSR count). The summed E-state index contributed by atoms with van der Waals surface area (Å²) in [5, 5.41) is 14.5. The molecule has 0 spiro atoms. The third-order valence-corrected chi connectivity index (χ3v) is 3.89. The second-order valence-electron chi connectivity index (χ2n) is 5.00. The van der Waals surface area contributed by atoms with E-state index in [0.29, 0.717) is 16.4 Å². The summed E-state index contributed by atoms with van der Waals surface area (Å²) in [6.07, 6.45) is 4.78. The molecule has 0 N–H and O–H groups in total. The second kappa shape index (κ2) is 6.23. The van der Waals surface area contributed by atoms with Crippen molar-refractivity contribution in [3.8, 4) is 6.07 Å². The summed E-state index contributed by atoms with van der Waals surface area (Å²) in [6, 6.07) is 2.26. The van der Waals surface area contributed by atoms with E-state index in [2.05, 4.69) is 30.0 Å². The molecule has 0 bridgehead atoms. The van der Waals surface area contributed by atoms with Gasteiger partial charge >= 0.3 is 0 Å². The Labute approximate surface area is 124 Å². The first-order valence-corrected chi connectivity index (χ1v) is 7.48. The first-order valence-electron chi connectivity index (χ1n) is 7.10. The van der Waals surface area contributed by atoms with Crippen LogP contribution in [0.2, 0.25) is 5.15 Å². The number of hydrogen-bond donors (Lipinski definition) is 0. The molecule has 106 valence electrons. The highest BCUT2D eigenvalue weighted by atomic mass is 35.5. The van der Waals surface area contributed by atoms with E-state index in [9.17, 15) is 5.26 Å². The van der Waals surface area contributed by atoms with Gasteiger partial charge in [0.15, 0.2) is 11.5 Å². The maximum atomic E-state index is 9.42. The highest BCUT2D eigenvalue weighted by Crippen LogP contribution is 2.27. The molecule has 0 radical (unpaired) electrons. The molecule has 4 nitrogen and oxygen atoms in total. The highest BCUT2D eigenvalue weighted by molar-refractivity contribution is 6.30. The van der Waals surface area contributed by atoms with Crippen LogP contribution in [0.5, 0.6) is 0 Å². The average molecular weight is 291 g/mol. The van der Waals surface area contributed by atoms with Gasteiger partial charge in [-0.05, 0) is 37.3 Å². The number of pyridine rings is 1. The molecule has 5 heteroatoms. The van der Waals surface area contributed by atoms with E-state index < -0.39 is 0 Å². The van der Waals surface area contributed by atoms with Crippen LogP contribution in [0.25, 0.3) is 5.65 Å². The number of halogens is 1. The maximum absolute atomic E-state index is 9.42. The molecule has 0 aliphatic rings. The van der Waals surface area contributed by atoms with Crippen molar-refractivity contribution in [2.45, 2.75) is 52.9 Å². The number of fused-ring (bicyclic) bond motifs is 1. The predicted molar refractivity (Wildman–Crippen MR) is 80.1 cm³/mol. The molecule has 0 fully saturated rings. The minimum absolute atomic E-state index is 0.582. The molecule has 0 aliphatic heterocycles. The van der Waals surface area contributed by atoms with Gasteiger partial charge in [0.2, 0.25) is 0 Å². The lowest BCUT2D eigenvalue weighted by molar-refractivity contribution is 0.775. The molecule has 0 aliphatic carbocycles. The lowest BCUT2D eigenvalue weighted by Crippen LogP contribution is -2.03. The number of aromatic nitrogens is 3. The van der Waals surface area contributed by atoms with E-state index in [1.807, 2.05) is 6.92 Å². The van der Waals surface area contributed by atoms with Crippen LogP contribution in [0, 0.1) is 18.3 Å². The van der Waals surface area contributed by atoms with Crippen molar-refractivity contribution in [2.24, 2.45) is 0 Å². The third-order valence-electron chi connectivity index (χ3n) is 3.50. The van der Waals surface area contributed by atoms with Crippen molar-refractivity contribution < 1.29 is 0 Å². The van der Waals surface area contributed by atoms with E-state index >= 15 is 0 Å². The van der Waals surface area contributed by atoms with Crippen LogP contribution < -0.4 is 0 Å². The summed E-state index contributed by atoms with van der Waals surface area (Å²) in [5.74, 6) is 0.748. The SMILES string of the molecule is CCCCc1c(C)c(C#N)c2nc(CCC)nn2c1Cl. The van der Waals surface area contributed by atoms with Gasteiger partial charge in [-0.15, -0.1) is 5.10 Å². The Hall–Kier alpha value is -1.60. The Kier molecular flexibility index (Phi) is 4.61. The predicted octanol–water partition coefficient (Wildman–Crippen LogP) is 3.86. The van der Waals surface area contributed by atoms with Gasteiger partial charge in [-0.3, -0.25) is 0 Å². The lowest BCUT2D eigenvalue weighted by Gasteiger charge is -2.11. The molecule has 2 heterocycles. The maximum Gasteiger partial charge on any atom is 0.175 e. The van der Waals surface area contributed by atoms with Crippen LogP contribution in [-0.4, -0.2) is 14.6 Å². The second-order valence-corrected chi connectivity index (χ2v) is 5.36. The minimum atomic E-state index is 0.582. The smallest absolute Gasteiger partial charge is 0.175 e. The van der Waals surface area contributed by atoms with Crippen LogP contribution in [0.4, 0.5) is 0 Å². The molecule has 20 heavy (non-hydrogen) atoms. The van der Waals surface area contributed by atoms with E-state index in [4.69, 9.17) is 11.6 Å². The van der Waals surface area contributed by atoms with Gasteiger partial charge in [0.25, 0.3) is 0 Å². The molecular formula is C15H19ClN4. The number of hydrogen-bond acceptors (Lipinski definition) is 3. The zero-order chi connectivity index (χ0) is 14.7. The van der Waals surface area contributed by atoms with Crippen LogP contribution in [0.1, 0.15) is 55.6 Å². The topological polar surface area (TPSA) is 54.0 Å². The van der Waals surface area contributed by atoms with E-state index in [-0.39, 0.29) is 0 Å². The Balaban J connectivity index is 2.67. The standard InChI is InChI=1S/C15H19ClN4/c1-4-6-8-11-10(3)12(9-17)15-18-13(7-5-2)19-20(15)14(11)16/h4-8H2,1-3H3. The van der Waals surface area contributed by atoms with Crippen molar-refractivity contribution in [3.05, 3.63) is 27.7 Å². The van der Waals surface area contributed by atoms with Gasteiger partial charge in [-0.25, -0.2) is 9.50 Å². The largest absolute Gasteiger partial charge is 0.210 e. The molecule has 2 aromatic heterocycles. The molecule has 0 aromatic carbocycles. The Morgan fingerprint density at radius 1 is 1.25 bits per heavy atom. The third kappa shape index (κ3) is 2.51. The van der Waals surface area contributed by atoms with Gasteiger partial charge in [0.1, 0.15) is 16.8 Å². The quantitative estimate of drug-likeness (QED) is 0.786.